The van der Waals surface area contributed by atoms with Gasteiger partial charge in [-0.05, 0) is 31.9 Å². The van der Waals surface area contributed by atoms with E-state index >= 15 is 0 Å². The molecule has 7 heteroatoms. The van der Waals surface area contributed by atoms with E-state index in [1.807, 2.05) is 6.92 Å². The Kier molecular flexibility index (Phi) is 7.72. The SMILES string of the molecule is CCOC(=O)[C@@H]1CCC[NH+](CCC(=O)Nc2ccc(OC)cc2OC)C1. The lowest BCUT2D eigenvalue weighted by atomic mass is 9.98. The number of hydrogen-bond acceptors (Lipinski definition) is 5. The quantitative estimate of drug-likeness (QED) is 0.669. The number of hydrogen-bond donors (Lipinski definition) is 2. The summed E-state index contributed by atoms with van der Waals surface area (Å²) in [4.78, 5) is 25.5. The lowest BCUT2D eigenvalue weighted by molar-refractivity contribution is -0.906. The van der Waals surface area contributed by atoms with Crippen LogP contribution in [0, 0.1) is 5.92 Å². The molecule has 0 radical (unpaired) electrons. The Labute approximate surface area is 154 Å². The van der Waals surface area contributed by atoms with Gasteiger partial charge in [0, 0.05) is 6.07 Å². The first kappa shape index (κ1) is 20.0. The molecule has 1 saturated heterocycles. The van der Waals surface area contributed by atoms with Crippen LogP contribution in [-0.2, 0) is 14.3 Å². The number of benzene rings is 1. The van der Waals surface area contributed by atoms with Crippen LogP contribution in [0.5, 0.6) is 11.5 Å². The molecule has 1 aliphatic heterocycles. The fourth-order valence-corrected chi connectivity index (χ4v) is 3.24. The van der Waals surface area contributed by atoms with E-state index in [0.29, 0.717) is 36.8 Å². The van der Waals surface area contributed by atoms with E-state index < -0.39 is 0 Å². The Morgan fingerprint density at radius 1 is 1.27 bits per heavy atom. The van der Waals surface area contributed by atoms with Gasteiger partial charge in [0.25, 0.3) is 0 Å². The van der Waals surface area contributed by atoms with Gasteiger partial charge >= 0.3 is 5.97 Å². The van der Waals surface area contributed by atoms with Crippen molar-refractivity contribution in [1.29, 1.82) is 0 Å². The second-order valence-electron chi connectivity index (χ2n) is 6.41. The molecule has 1 aliphatic rings. The van der Waals surface area contributed by atoms with Gasteiger partial charge < -0.3 is 24.4 Å². The Morgan fingerprint density at radius 2 is 2.08 bits per heavy atom. The normalized spacial score (nSPS) is 19.5. The van der Waals surface area contributed by atoms with E-state index in [1.54, 1.807) is 32.4 Å². The van der Waals surface area contributed by atoms with E-state index in [1.165, 1.54) is 4.90 Å². The van der Waals surface area contributed by atoms with Gasteiger partial charge in [0.2, 0.25) is 5.91 Å². The standard InChI is InChI=1S/C19H28N2O5/c1-4-26-19(23)14-6-5-10-21(13-14)11-9-18(22)20-16-8-7-15(24-2)12-17(16)25-3/h7-8,12,14H,4-6,9-11,13H2,1-3H3,(H,20,22)/p+1/t14-/m1/s1. The molecule has 0 saturated carbocycles. The fourth-order valence-electron chi connectivity index (χ4n) is 3.24. The number of nitrogens with one attached hydrogen (secondary N) is 2. The second kappa shape index (κ2) is 10.0. The third-order valence-corrected chi connectivity index (χ3v) is 4.63. The molecule has 1 unspecified atom stereocenters. The smallest absolute Gasteiger partial charge is 0.314 e. The van der Waals surface area contributed by atoms with Crippen LogP contribution in [-0.4, -0.2) is 52.3 Å². The molecule has 0 spiro atoms. The molecule has 0 bridgehead atoms. The number of amides is 1. The van der Waals surface area contributed by atoms with Crippen LogP contribution < -0.4 is 19.7 Å². The topological polar surface area (TPSA) is 78.3 Å². The van der Waals surface area contributed by atoms with E-state index in [9.17, 15) is 9.59 Å². The molecule has 1 aromatic carbocycles. The summed E-state index contributed by atoms with van der Waals surface area (Å²) in [5.74, 6) is 0.993. The summed E-state index contributed by atoms with van der Waals surface area (Å²) in [5.41, 5.74) is 0.622. The predicted molar refractivity (Wildman–Crippen MR) is 97.7 cm³/mol. The Bertz CT molecular complexity index is 620. The van der Waals surface area contributed by atoms with E-state index in [0.717, 1.165) is 25.9 Å². The van der Waals surface area contributed by atoms with Crippen molar-refractivity contribution < 1.29 is 28.7 Å². The molecular weight excluding hydrogens is 336 g/mol. The van der Waals surface area contributed by atoms with Gasteiger partial charge in [0.15, 0.2) is 0 Å². The number of ether oxygens (including phenoxy) is 3. The van der Waals surface area contributed by atoms with Crippen molar-refractivity contribution in [3.05, 3.63) is 18.2 Å². The fraction of sp³-hybridized carbons (Fsp3) is 0.579. The van der Waals surface area contributed by atoms with E-state index in [4.69, 9.17) is 14.2 Å². The van der Waals surface area contributed by atoms with Crippen molar-refractivity contribution in [1.82, 2.24) is 0 Å². The molecule has 26 heavy (non-hydrogen) atoms. The largest absolute Gasteiger partial charge is 0.497 e. The minimum atomic E-state index is -0.114. The van der Waals surface area contributed by atoms with Crippen molar-refractivity contribution in [3.63, 3.8) is 0 Å². The molecule has 2 atom stereocenters. The highest BCUT2D eigenvalue weighted by Crippen LogP contribution is 2.28. The molecule has 1 aromatic rings. The number of anilines is 1. The maximum Gasteiger partial charge on any atom is 0.314 e. The zero-order chi connectivity index (χ0) is 18.9. The van der Waals surface area contributed by atoms with Crippen LogP contribution in [0.25, 0.3) is 0 Å². The van der Waals surface area contributed by atoms with Crippen LogP contribution in [0.15, 0.2) is 18.2 Å². The maximum atomic E-state index is 12.3. The minimum absolute atomic E-state index is 0.0524. The van der Waals surface area contributed by atoms with Crippen molar-refractivity contribution in [2.24, 2.45) is 5.92 Å². The minimum Gasteiger partial charge on any atom is -0.497 e. The molecular formula is C19H29N2O5+. The molecule has 0 aromatic heterocycles. The number of quaternary nitrogens is 1. The molecule has 144 valence electrons. The zero-order valence-electron chi connectivity index (χ0n) is 15.8. The molecule has 1 amide bonds. The number of esters is 1. The summed E-state index contributed by atoms with van der Waals surface area (Å²) in [6.07, 6.45) is 2.24. The average Bonchev–Trinajstić information content (AvgIpc) is 2.67. The Balaban J connectivity index is 1.84. The summed E-state index contributed by atoms with van der Waals surface area (Å²) in [7, 11) is 3.13. The third kappa shape index (κ3) is 5.62. The van der Waals surface area contributed by atoms with Gasteiger partial charge in [-0.25, -0.2) is 0 Å². The highest BCUT2D eigenvalue weighted by molar-refractivity contribution is 5.92. The van der Waals surface area contributed by atoms with Gasteiger partial charge in [-0.3, -0.25) is 9.59 Å². The molecule has 2 N–H and O–H groups in total. The maximum absolute atomic E-state index is 12.3. The monoisotopic (exact) mass is 365 g/mol. The molecule has 2 rings (SSSR count). The van der Waals surface area contributed by atoms with Crippen LogP contribution in [0.4, 0.5) is 5.69 Å². The van der Waals surface area contributed by atoms with Gasteiger partial charge in [0.05, 0.1) is 52.6 Å². The highest BCUT2D eigenvalue weighted by Gasteiger charge is 2.29. The summed E-state index contributed by atoms with van der Waals surface area (Å²) >= 11 is 0. The van der Waals surface area contributed by atoms with Gasteiger partial charge in [0.1, 0.15) is 17.4 Å². The summed E-state index contributed by atoms with van der Waals surface area (Å²) < 4.78 is 15.6. The van der Waals surface area contributed by atoms with Crippen molar-refractivity contribution in [2.75, 3.05) is 45.8 Å². The second-order valence-corrected chi connectivity index (χ2v) is 6.41. The number of carbonyl (C=O) groups excluding carboxylic acids is 2. The lowest BCUT2D eigenvalue weighted by Crippen LogP contribution is -3.13. The van der Waals surface area contributed by atoms with Crippen LogP contribution in [0.2, 0.25) is 0 Å². The van der Waals surface area contributed by atoms with Crippen molar-refractivity contribution in [3.8, 4) is 11.5 Å². The summed E-state index contributed by atoms with van der Waals surface area (Å²) in [6, 6.07) is 5.27. The number of piperidine rings is 1. The number of methoxy groups -OCH3 is 2. The Hall–Kier alpha value is -2.28. The Morgan fingerprint density at radius 3 is 2.77 bits per heavy atom. The zero-order valence-corrected chi connectivity index (χ0v) is 15.8. The first-order valence-corrected chi connectivity index (χ1v) is 9.09. The van der Waals surface area contributed by atoms with Crippen LogP contribution in [0.3, 0.4) is 0 Å². The first-order valence-electron chi connectivity index (χ1n) is 9.09. The lowest BCUT2D eigenvalue weighted by Gasteiger charge is -2.28. The molecule has 0 aliphatic carbocycles. The van der Waals surface area contributed by atoms with Crippen molar-refractivity contribution >= 4 is 17.6 Å². The van der Waals surface area contributed by atoms with Crippen LogP contribution in [0.1, 0.15) is 26.2 Å². The van der Waals surface area contributed by atoms with E-state index in [-0.39, 0.29) is 17.8 Å². The van der Waals surface area contributed by atoms with Gasteiger partial charge in [-0.2, -0.15) is 0 Å². The van der Waals surface area contributed by atoms with Gasteiger partial charge in [-0.15, -0.1) is 0 Å². The molecule has 7 nitrogen and oxygen atoms in total. The van der Waals surface area contributed by atoms with Crippen molar-refractivity contribution in [2.45, 2.75) is 26.2 Å². The molecule has 1 heterocycles. The number of rotatable bonds is 8. The molecule has 1 fully saturated rings. The third-order valence-electron chi connectivity index (χ3n) is 4.63. The average molecular weight is 365 g/mol. The summed E-state index contributed by atoms with van der Waals surface area (Å²) in [6.45, 7) is 4.65. The highest BCUT2D eigenvalue weighted by atomic mass is 16.5. The van der Waals surface area contributed by atoms with Crippen LogP contribution >= 0.6 is 0 Å². The summed E-state index contributed by atoms with van der Waals surface area (Å²) in [5, 5.41) is 2.88. The first-order chi connectivity index (χ1) is 12.6. The predicted octanol–water partition coefficient (Wildman–Crippen LogP) is 0.890. The number of carbonyl (C=O) groups is 2. The van der Waals surface area contributed by atoms with E-state index in [2.05, 4.69) is 5.32 Å². The number of likely N-dealkylation sites (tertiary alicyclic amines) is 1. The van der Waals surface area contributed by atoms with Gasteiger partial charge in [-0.1, -0.05) is 0 Å².